The van der Waals surface area contributed by atoms with E-state index in [1.165, 1.54) is 13.8 Å². The van der Waals surface area contributed by atoms with Crippen molar-refractivity contribution in [2.75, 3.05) is 6.61 Å². The molecule has 0 spiro atoms. The first-order valence-electron chi connectivity index (χ1n) is 12.9. The highest BCUT2D eigenvalue weighted by Crippen LogP contribution is 2.31. The summed E-state index contributed by atoms with van der Waals surface area (Å²) >= 11 is 0. The molecule has 216 valence electrons. The minimum atomic E-state index is -1.41. The topological polar surface area (TPSA) is 189 Å². The van der Waals surface area contributed by atoms with Crippen molar-refractivity contribution in [1.29, 1.82) is 0 Å². The van der Waals surface area contributed by atoms with E-state index in [-0.39, 0.29) is 36.8 Å². The second-order valence-electron chi connectivity index (χ2n) is 9.80. The number of rotatable bonds is 12. The number of carbonyl (C=O) groups is 2. The van der Waals surface area contributed by atoms with Crippen LogP contribution in [0.1, 0.15) is 66.0 Å². The Morgan fingerprint density at radius 3 is 2.34 bits per heavy atom. The van der Waals surface area contributed by atoms with Gasteiger partial charge in [-0.1, -0.05) is 60.3 Å². The zero-order valence-corrected chi connectivity index (χ0v) is 22.8. The van der Waals surface area contributed by atoms with Gasteiger partial charge >= 0.3 is 5.97 Å². The van der Waals surface area contributed by atoms with E-state index in [2.05, 4.69) is 25.2 Å². The van der Waals surface area contributed by atoms with Crippen molar-refractivity contribution in [3.63, 3.8) is 0 Å². The fourth-order valence-corrected chi connectivity index (χ4v) is 4.37. The van der Waals surface area contributed by atoms with Gasteiger partial charge in [0.15, 0.2) is 5.69 Å². The third kappa shape index (κ3) is 6.87. The molecule has 0 aliphatic rings. The Hall–Kier alpha value is -4.34. The van der Waals surface area contributed by atoms with Crippen molar-refractivity contribution in [3.8, 4) is 22.5 Å². The smallest absolute Gasteiger partial charge is 0.354 e. The van der Waals surface area contributed by atoms with Gasteiger partial charge in [-0.3, -0.25) is 20.0 Å². The van der Waals surface area contributed by atoms with Crippen LogP contribution in [0, 0.1) is 0 Å². The van der Waals surface area contributed by atoms with Gasteiger partial charge in [0.2, 0.25) is 5.82 Å². The SMILES string of the molecule is CCCc1nc(C(C)(C)O)c(C(=O)O)n1Cc1ccc(-c2ccccc2-c2nnn(C(=O)CCON(O)O)n2)cc1. The number of aromatic carboxylic acids is 1. The zero-order chi connectivity index (χ0) is 29.7. The molecule has 0 fully saturated rings. The largest absolute Gasteiger partial charge is 0.477 e. The molecule has 0 radical (unpaired) electrons. The monoisotopic (exact) mass is 565 g/mol. The van der Waals surface area contributed by atoms with E-state index in [9.17, 15) is 19.8 Å². The molecule has 2 aromatic heterocycles. The van der Waals surface area contributed by atoms with Crippen molar-refractivity contribution in [3.05, 3.63) is 71.3 Å². The molecule has 4 N–H and O–H groups in total. The first-order chi connectivity index (χ1) is 19.5. The summed E-state index contributed by atoms with van der Waals surface area (Å²) in [7, 11) is 0. The maximum atomic E-state index is 12.3. The molecule has 0 saturated carbocycles. The standard InChI is InChI=1S/C27H31N7O7/c1-4-7-21-28-24(27(2,3)38)23(26(36)37)32(21)16-17-10-12-18(13-11-17)19-8-5-6-9-20(19)25-29-31-33(30-25)22(35)14-15-41-34(39)40/h5-6,8-13,38-40H,4,7,14-16H2,1-3H3,(H,36,37). The number of nitrogens with zero attached hydrogens (tertiary/aromatic N) is 7. The Labute approximate surface area is 234 Å². The third-order valence-electron chi connectivity index (χ3n) is 6.24. The zero-order valence-electron chi connectivity index (χ0n) is 22.8. The molecular weight excluding hydrogens is 534 g/mol. The van der Waals surface area contributed by atoms with Crippen molar-refractivity contribution in [2.45, 2.75) is 52.2 Å². The predicted molar refractivity (Wildman–Crippen MR) is 143 cm³/mol. The van der Waals surface area contributed by atoms with Crippen LogP contribution in [0.5, 0.6) is 0 Å². The van der Waals surface area contributed by atoms with Gasteiger partial charge in [-0.15, -0.1) is 10.2 Å². The molecule has 4 aromatic rings. The molecular formula is C27H31N7O7. The van der Waals surface area contributed by atoms with Crippen LogP contribution in [0.15, 0.2) is 48.5 Å². The Bertz CT molecular complexity index is 1520. The maximum Gasteiger partial charge on any atom is 0.354 e. The lowest BCUT2D eigenvalue weighted by Crippen LogP contribution is -2.22. The first kappa shape index (κ1) is 29.6. The number of tetrazole rings is 1. The van der Waals surface area contributed by atoms with Crippen LogP contribution in [-0.2, 0) is 23.4 Å². The van der Waals surface area contributed by atoms with Crippen molar-refractivity contribution in [1.82, 2.24) is 35.1 Å². The highest BCUT2D eigenvalue weighted by molar-refractivity contribution is 5.87. The Morgan fingerprint density at radius 1 is 1.05 bits per heavy atom. The van der Waals surface area contributed by atoms with E-state index in [1.807, 2.05) is 49.4 Å². The van der Waals surface area contributed by atoms with Crippen LogP contribution < -0.4 is 0 Å². The predicted octanol–water partition coefficient (Wildman–Crippen LogP) is 3.17. The quantitative estimate of drug-likeness (QED) is 0.184. The van der Waals surface area contributed by atoms with Gasteiger partial charge < -0.3 is 14.8 Å². The van der Waals surface area contributed by atoms with E-state index in [4.69, 9.17) is 10.4 Å². The van der Waals surface area contributed by atoms with Gasteiger partial charge in [0.1, 0.15) is 17.1 Å². The van der Waals surface area contributed by atoms with Gasteiger partial charge in [-0.05, 0) is 42.2 Å². The normalized spacial score (nSPS) is 11.8. The minimum absolute atomic E-state index is 0.0318. The Balaban J connectivity index is 1.60. The molecule has 2 aromatic carbocycles. The van der Waals surface area contributed by atoms with Gasteiger partial charge in [-0.25, -0.2) is 9.78 Å². The van der Waals surface area contributed by atoms with Crippen LogP contribution >= 0.6 is 0 Å². The highest BCUT2D eigenvalue weighted by Gasteiger charge is 2.31. The summed E-state index contributed by atoms with van der Waals surface area (Å²) in [6.07, 6.45) is 1.11. The number of imidazole rings is 1. The minimum Gasteiger partial charge on any atom is -0.477 e. The van der Waals surface area contributed by atoms with E-state index in [0.717, 1.165) is 27.9 Å². The first-order valence-corrected chi connectivity index (χ1v) is 12.9. The molecule has 0 unspecified atom stereocenters. The summed E-state index contributed by atoms with van der Waals surface area (Å²) in [5.41, 5.74) is 1.78. The Kier molecular flexibility index (Phi) is 9.00. The molecule has 0 aliphatic heterocycles. The number of aliphatic hydroxyl groups is 1. The van der Waals surface area contributed by atoms with Gasteiger partial charge in [0.25, 0.3) is 5.91 Å². The number of carboxylic acids is 1. The van der Waals surface area contributed by atoms with Crippen molar-refractivity contribution < 1.29 is 35.1 Å². The summed E-state index contributed by atoms with van der Waals surface area (Å²) < 4.78 is 1.64. The number of aryl methyl sites for hydroxylation is 1. The lowest BCUT2D eigenvalue weighted by Gasteiger charge is -2.16. The van der Waals surface area contributed by atoms with Crippen molar-refractivity contribution >= 4 is 11.9 Å². The second kappa shape index (κ2) is 12.4. The van der Waals surface area contributed by atoms with Gasteiger partial charge in [0.05, 0.1) is 18.4 Å². The number of carboxylic acid groups (broad SMARTS) is 1. The van der Waals surface area contributed by atoms with Crippen molar-refractivity contribution in [2.24, 2.45) is 0 Å². The van der Waals surface area contributed by atoms with Gasteiger partial charge in [0, 0.05) is 18.5 Å². The lowest BCUT2D eigenvalue weighted by molar-refractivity contribution is -0.491. The number of carbonyl (C=O) groups excluding carboxylic acids is 1. The summed E-state index contributed by atoms with van der Waals surface area (Å²) in [5.74, 6) is -0.893. The number of aromatic nitrogens is 6. The molecule has 0 aliphatic carbocycles. The van der Waals surface area contributed by atoms with E-state index in [1.54, 1.807) is 10.6 Å². The van der Waals surface area contributed by atoms with Crippen LogP contribution in [0.4, 0.5) is 0 Å². The van der Waals surface area contributed by atoms with E-state index >= 15 is 0 Å². The van der Waals surface area contributed by atoms with Gasteiger partial charge in [-0.2, -0.15) is 0 Å². The average Bonchev–Trinajstić information content (AvgIpc) is 3.55. The van der Waals surface area contributed by atoms with Crippen LogP contribution in [0.25, 0.3) is 22.5 Å². The average molecular weight is 566 g/mol. The Morgan fingerprint density at radius 2 is 1.73 bits per heavy atom. The molecule has 14 nitrogen and oxygen atoms in total. The molecule has 0 saturated heterocycles. The molecule has 2 heterocycles. The number of benzene rings is 2. The fourth-order valence-electron chi connectivity index (χ4n) is 4.37. The third-order valence-corrected chi connectivity index (χ3v) is 6.24. The second-order valence-corrected chi connectivity index (χ2v) is 9.80. The molecule has 0 amide bonds. The summed E-state index contributed by atoms with van der Waals surface area (Å²) in [6.45, 7) is 4.99. The number of hydrogen-bond donors (Lipinski definition) is 4. The highest BCUT2D eigenvalue weighted by atomic mass is 17.1. The summed E-state index contributed by atoms with van der Waals surface area (Å²) in [4.78, 5) is 34.2. The molecule has 41 heavy (non-hydrogen) atoms. The van der Waals surface area contributed by atoms with Crippen LogP contribution in [0.2, 0.25) is 0 Å². The molecule has 14 heteroatoms. The summed E-state index contributed by atoms with van der Waals surface area (Å²) in [5, 5.41) is 49.2. The fraction of sp³-hybridized carbons (Fsp3) is 0.333. The van der Waals surface area contributed by atoms with Crippen LogP contribution in [-0.4, -0.2) is 74.3 Å². The molecule has 0 bridgehead atoms. The van der Waals surface area contributed by atoms with Crippen LogP contribution in [0.3, 0.4) is 0 Å². The summed E-state index contributed by atoms with van der Waals surface area (Å²) in [6, 6.07) is 14.9. The van der Waals surface area contributed by atoms with E-state index in [0.29, 0.717) is 17.8 Å². The maximum absolute atomic E-state index is 12.3. The molecule has 4 rings (SSSR count). The van der Waals surface area contributed by atoms with E-state index < -0.39 is 22.9 Å². The molecule has 0 atom stereocenters. The lowest BCUT2D eigenvalue weighted by atomic mass is 9.98. The number of hydrogen-bond acceptors (Lipinski definition) is 11.